The Hall–Kier alpha value is -0.610. The number of halogens is 1. The van der Waals surface area contributed by atoms with Crippen molar-refractivity contribution in [2.45, 2.75) is 32.7 Å². The maximum absolute atomic E-state index is 11.1. The third-order valence-corrected chi connectivity index (χ3v) is 3.21. The van der Waals surface area contributed by atoms with Gasteiger partial charge in [-0.05, 0) is 19.8 Å². The largest absolute Gasteiger partial charge is 0.359 e. The number of thiazole rings is 1. The number of carbonyl (C=O) groups excluding carboxylic acids is 1. The van der Waals surface area contributed by atoms with Crippen LogP contribution < -0.4 is 5.32 Å². The SMILES string of the molecule is CC(=O)c1sc(NC2CC2)nc1C.Cl. The maximum atomic E-state index is 11.1. The first kappa shape index (κ1) is 11.5. The van der Waals surface area contributed by atoms with Crippen LogP contribution in [0, 0.1) is 6.92 Å². The number of ketones is 1. The topological polar surface area (TPSA) is 42.0 Å². The van der Waals surface area contributed by atoms with Gasteiger partial charge in [-0.15, -0.1) is 12.4 Å². The molecule has 1 aliphatic rings. The molecule has 0 radical (unpaired) electrons. The van der Waals surface area contributed by atoms with E-state index in [-0.39, 0.29) is 18.2 Å². The van der Waals surface area contributed by atoms with Crippen molar-refractivity contribution in [1.29, 1.82) is 0 Å². The molecule has 5 heteroatoms. The van der Waals surface area contributed by atoms with Crippen LogP contribution in [0.4, 0.5) is 5.13 Å². The summed E-state index contributed by atoms with van der Waals surface area (Å²) in [5.41, 5.74) is 0.848. The monoisotopic (exact) mass is 232 g/mol. The van der Waals surface area contributed by atoms with Crippen molar-refractivity contribution < 1.29 is 4.79 Å². The molecule has 0 bridgehead atoms. The van der Waals surface area contributed by atoms with Gasteiger partial charge in [0.15, 0.2) is 10.9 Å². The third-order valence-electron chi connectivity index (χ3n) is 2.02. The Labute approximate surface area is 93.3 Å². The summed E-state index contributed by atoms with van der Waals surface area (Å²) in [7, 11) is 0. The summed E-state index contributed by atoms with van der Waals surface area (Å²) in [6.07, 6.45) is 2.46. The van der Waals surface area contributed by atoms with Crippen molar-refractivity contribution in [2.75, 3.05) is 5.32 Å². The van der Waals surface area contributed by atoms with Crippen LogP contribution in [0.25, 0.3) is 0 Å². The highest BCUT2D eigenvalue weighted by molar-refractivity contribution is 7.17. The second-order valence-corrected chi connectivity index (χ2v) is 4.41. The molecule has 3 nitrogen and oxygen atoms in total. The van der Waals surface area contributed by atoms with Crippen molar-refractivity contribution in [3.63, 3.8) is 0 Å². The molecule has 1 aliphatic carbocycles. The Morgan fingerprint density at radius 3 is 2.64 bits per heavy atom. The highest BCUT2D eigenvalue weighted by Gasteiger charge is 2.23. The van der Waals surface area contributed by atoms with Crippen LogP contribution in [0.15, 0.2) is 0 Å². The lowest BCUT2D eigenvalue weighted by Crippen LogP contribution is -1.99. The van der Waals surface area contributed by atoms with E-state index < -0.39 is 0 Å². The van der Waals surface area contributed by atoms with E-state index in [2.05, 4.69) is 10.3 Å². The fourth-order valence-electron chi connectivity index (χ4n) is 1.19. The number of nitrogens with zero attached hydrogens (tertiary/aromatic N) is 1. The lowest BCUT2D eigenvalue weighted by Gasteiger charge is -1.95. The van der Waals surface area contributed by atoms with Gasteiger partial charge in [0, 0.05) is 13.0 Å². The van der Waals surface area contributed by atoms with Crippen LogP contribution in [-0.4, -0.2) is 16.8 Å². The van der Waals surface area contributed by atoms with E-state index >= 15 is 0 Å². The van der Waals surface area contributed by atoms with Crippen molar-refractivity contribution in [2.24, 2.45) is 0 Å². The molecule has 1 heterocycles. The fourth-order valence-corrected chi connectivity index (χ4v) is 2.13. The molecule has 2 rings (SSSR count). The molecule has 14 heavy (non-hydrogen) atoms. The smallest absolute Gasteiger partial charge is 0.183 e. The average Bonchev–Trinajstić information content (AvgIpc) is 2.75. The van der Waals surface area contributed by atoms with Crippen LogP contribution in [-0.2, 0) is 0 Å². The summed E-state index contributed by atoms with van der Waals surface area (Å²) in [6.45, 7) is 3.47. The molecule has 1 aromatic rings. The zero-order valence-corrected chi connectivity index (χ0v) is 9.80. The quantitative estimate of drug-likeness (QED) is 0.815. The van der Waals surface area contributed by atoms with Gasteiger partial charge in [0.25, 0.3) is 0 Å². The molecule has 1 N–H and O–H groups in total. The standard InChI is InChI=1S/C9H12N2OS.ClH/c1-5-8(6(2)12)13-9(10-5)11-7-3-4-7;/h7H,3-4H2,1-2H3,(H,10,11);1H. The average molecular weight is 233 g/mol. The summed E-state index contributed by atoms with van der Waals surface area (Å²) < 4.78 is 0. The van der Waals surface area contributed by atoms with Gasteiger partial charge < -0.3 is 5.32 Å². The number of nitrogens with one attached hydrogen (secondary N) is 1. The minimum atomic E-state index is 0. The zero-order valence-electron chi connectivity index (χ0n) is 8.16. The van der Waals surface area contributed by atoms with Crippen molar-refractivity contribution in [3.05, 3.63) is 10.6 Å². The van der Waals surface area contributed by atoms with E-state index in [1.54, 1.807) is 6.92 Å². The number of hydrogen-bond acceptors (Lipinski definition) is 4. The number of anilines is 1. The first-order valence-electron chi connectivity index (χ1n) is 4.41. The molecule has 0 unspecified atom stereocenters. The molecular formula is C9H13ClN2OS. The maximum Gasteiger partial charge on any atom is 0.183 e. The molecule has 0 saturated heterocycles. The van der Waals surface area contributed by atoms with E-state index in [9.17, 15) is 4.79 Å². The molecular weight excluding hydrogens is 220 g/mol. The Balaban J connectivity index is 0.000000980. The lowest BCUT2D eigenvalue weighted by atomic mass is 10.3. The number of hydrogen-bond donors (Lipinski definition) is 1. The number of aromatic nitrogens is 1. The molecule has 0 aromatic carbocycles. The van der Waals surface area contributed by atoms with Crippen LogP contribution >= 0.6 is 23.7 Å². The fraction of sp³-hybridized carbons (Fsp3) is 0.556. The number of aryl methyl sites for hydroxylation is 1. The van der Waals surface area contributed by atoms with Crippen LogP contribution in [0.1, 0.15) is 35.1 Å². The molecule has 0 spiro atoms. The summed E-state index contributed by atoms with van der Waals surface area (Å²) in [4.78, 5) is 16.2. The number of rotatable bonds is 3. The summed E-state index contributed by atoms with van der Waals surface area (Å²) in [5.74, 6) is 0.110. The van der Waals surface area contributed by atoms with Crippen LogP contribution in [0.3, 0.4) is 0 Å². The van der Waals surface area contributed by atoms with Crippen molar-refractivity contribution in [1.82, 2.24) is 4.98 Å². The van der Waals surface area contributed by atoms with Crippen LogP contribution in [0.2, 0.25) is 0 Å². The van der Waals surface area contributed by atoms with Crippen molar-refractivity contribution >= 4 is 34.7 Å². The van der Waals surface area contributed by atoms with Crippen LogP contribution in [0.5, 0.6) is 0 Å². The first-order chi connectivity index (χ1) is 6.16. The van der Waals surface area contributed by atoms with Gasteiger partial charge in [0.2, 0.25) is 0 Å². The zero-order chi connectivity index (χ0) is 9.42. The summed E-state index contributed by atoms with van der Waals surface area (Å²) >= 11 is 1.46. The highest BCUT2D eigenvalue weighted by Crippen LogP contribution is 2.29. The van der Waals surface area contributed by atoms with Gasteiger partial charge in [0.05, 0.1) is 10.6 Å². The second-order valence-electron chi connectivity index (χ2n) is 3.41. The Morgan fingerprint density at radius 1 is 1.57 bits per heavy atom. The Bertz CT molecular complexity index is 347. The molecule has 1 saturated carbocycles. The highest BCUT2D eigenvalue weighted by atomic mass is 35.5. The number of carbonyl (C=O) groups is 1. The van der Waals surface area contributed by atoms with Crippen molar-refractivity contribution in [3.8, 4) is 0 Å². The molecule has 1 fully saturated rings. The lowest BCUT2D eigenvalue weighted by molar-refractivity contribution is 0.102. The Kier molecular flexibility index (Phi) is 3.50. The normalized spacial score (nSPS) is 14.7. The van der Waals surface area contributed by atoms with E-state index in [0.717, 1.165) is 15.7 Å². The summed E-state index contributed by atoms with van der Waals surface area (Å²) in [5, 5.41) is 4.18. The molecule has 0 amide bonds. The molecule has 0 atom stereocenters. The van der Waals surface area contributed by atoms with E-state index in [1.807, 2.05) is 6.92 Å². The Morgan fingerprint density at radius 2 is 2.21 bits per heavy atom. The predicted octanol–water partition coefficient (Wildman–Crippen LogP) is 2.65. The second kappa shape index (κ2) is 4.28. The van der Waals surface area contributed by atoms with Gasteiger partial charge in [0.1, 0.15) is 0 Å². The van der Waals surface area contributed by atoms with Gasteiger partial charge >= 0.3 is 0 Å². The van der Waals surface area contributed by atoms with Gasteiger partial charge in [-0.3, -0.25) is 4.79 Å². The van der Waals surface area contributed by atoms with E-state index in [0.29, 0.717) is 6.04 Å². The minimum absolute atomic E-state index is 0. The number of Topliss-reactive ketones (excluding diaryl/α,β-unsaturated/α-hetero) is 1. The molecule has 78 valence electrons. The third kappa shape index (κ3) is 2.45. The first-order valence-corrected chi connectivity index (χ1v) is 5.23. The molecule has 1 aromatic heterocycles. The van der Waals surface area contributed by atoms with Gasteiger partial charge in [-0.2, -0.15) is 0 Å². The van der Waals surface area contributed by atoms with Gasteiger partial charge in [-0.1, -0.05) is 11.3 Å². The van der Waals surface area contributed by atoms with Gasteiger partial charge in [-0.25, -0.2) is 4.98 Å². The predicted molar refractivity (Wildman–Crippen MR) is 60.7 cm³/mol. The minimum Gasteiger partial charge on any atom is -0.359 e. The molecule has 0 aliphatic heterocycles. The summed E-state index contributed by atoms with van der Waals surface area (Å²) in [6, 6.07) is 0.602. The van der Waals surface area contributed by atoms with E-state index in [1.165, 1.54) is 24.2 Å². The van der Waals surface area contributed by atoms with E-state index in [4.69, 9.17) is 0 Å².